The van der Waals surface area contributed by atoms with E-state index in [9.17, 15) is 14.7 Å². The number of benzene rings is 1. The number of carboxylic acid groups (broad SMARTS) is 1. The highest BCUT2D eigenvalue weighted by Crippen LogP contribution is 2.42. The van der Waals surface area contributed by atoms with Gasteiger partial charge in [-0.2, -0.15) is 0 Å². The van der Waals surface area contributed by atoms with Gasteiger partial charge in [0.05, 0.1) is 18.8 Å². The molecule has 0 bridgehead atoms. The van der Waals surface area contributed by atoms with Crippen LogP contribution in [-0.4, -0.2) is 101 Å². The lowest BCUT2D eigenvalue weighted by Gasteiger charge is -2.30. The second-order valence-corrected chi connectivity index (χ2v) is 10.6. The molecule has 0 aliphatic carbocycles. The number of hydrogen-bond acceptors (Lipinski definition) is 7. The molecule has 0 saturated carbocycles. The van der Waals surface area contributed by atoms with E-state index in [2.05, 4.69) is 21.7 Å². The number of aryl methyl sites for hydroxylation is 1. The molecule has 2 aliphatic heterocycles. The zero-order valence-corrected chi connectivity index (χ0v) is 22.8. The molecule has 1 fully saturated rings. The molecule has 4 rings (SSSR count). The minimum absolute atomic E-state index is 0.0697. The van der Waals surface area contributed by atoms with Gasteiger partial charge in [0.15, 0.2) is 11.5 Å². The average molecular weight is 528 g/mol. The van der Waals surface area contributed by atoms with Crippen LogP contribution in [0.5, 0.6) is 11.5 Å². The third kappa shape index (κ3) is 6.85. The highest BCUT2D eigenvalue weighted by Gasteiger charge is 2.47. The zero-order chi connectivity index (χ0) is 27.1. The summed E-state index contributed by atoms with van der Waals surface area (Å²) < 4.78 is 13.0. The van der Waals surface area contributed by atoms with Crippen molar-refractivity contribution >= 4 is 11.9 Å². The Kier molecular flexibility index (Phi) is 9.63. The van der Waals surface area contributed by atoms with Crippen molar-refractivity contribution in [3.05, 3.63) is 42.5 Å². The monoisotopic (exact) mass is 527 g/mol. The van der Waals surface area contributed by atoms with Crippen LogP contribution in [0.25, 0.3) is 0 Å². The molecule has 1 amide bonds. The summed E-state index contributed by atoms with van der Waals surface area (Å²) in [5.41, 5.74) is 0.901. The van der Waals surface area contributed by atoms with Crippen LogP contribution in [0, 0.1) is 5.92 Å². The molecular formula is C28H41N5O5. The van der Waals surface area contributed by atoms with Crippen LogP contribution in [-0.2, 0) is 16.1 Å². The number of nitrogens with zero attached hydrogens (tertiary/aromatic N) is 5. The molecule has 10 heteroatoms. The molecule has 10 nitrogen and oxygen atoms in total. The van der Waals surface area contributed by atoms with Gasteiger partial charge >= 0.3 is 5.97 Å². The van der Waals surface area contributed by atoms with Crippen molar-refractivity contribution in [1.29, 1.82) is 0 Å². The zero-order valence-electron chi connectivity index (χ0n) is 22.8. The molecule has 2 aliphatic rings. The van der Waals surface area contributed by atoms with Crippen molar-refractivity contribution in [3.8, 4) is 11.5 Å². The van der Waals surface area contributed by atoms with E-state index < -0.39 is 11.9 Å². The summed E-state index contributed by atoms with van der Waals surface area (Å²) in [7, 11) is 4.07. The topological polar surface area (TPSA) is 100 Å². The Morgan fingerprint density at radius 1 is 1.13 bits per heavy atom. The van der Waals surface area contributed by atoms with Crippen molar-refractivity contribution < 1.29 is 24.2 Å². The van der Waals surface area contributed by atoms with Gasteiger partial charge in [-0.1, -0.05) is 19.4 Å². The lowest BCUT2D eigenvalue weighted by molar-refractivity contribution is -0.144. The molecule has 208 valence electrons. The number of hydrogen-bond donors (Lipinski definition) is 1. The summed E-state index contributed by atoms with van der Waals surface area (Å²) in [5, 5.41) is 10.4. The Morgan fingerprint density at radius 3 is 2.63 bits per heavy atom. The molecular weight excluding hydrogens is 486 g/mol. The summed E-state index contributed by atoms with van der Waals surface area (Å²) in [6, 6.07) is 5.39. The molecule has 1 N–H and O–H groups in total. The fraction of sp³-hybridized carbons (Fsp3) is 0.607. The van der Waals surface area contributed by atoms with E-state index in [0.717, 1.165) is 37.9 Å². The summed E-state index contributed by atoms with van der Waals surface area (Å²) >= 11 is 0. The van der Waals surface area contributed by atoms with Gasteiger partial charge in [0.1, 0.15) is 0 Å². The number of fused-ring (bicyclic) bond motifs is 1. The van der Waals surface area contributed by atoms with Gasteiger partial charge in [0.25, 0.3) is 0 Å². The fourth-order valence-corrected chi connectivity index (χ4v) is 5.60. The largest absolute Gasteiger partial charge is 0.481 e. The Hall–Kier alpha value is -3.11. The number of imidazole rings is 1. The van der Waals surface area contributed by atoms with E-state index in [1.165, 1.54) is 0 Å². The van der Waals surface area contributed by atoms with Crippen LogP contribution >= 0.6 is 0 Å². The number of unbranched alkanes of at least 4 members (excludes halogenated alkanes) is 1. The second-order valence-electron chi connectivity index (χ2n) is 10.6. The number of ether oxygens (including phenoxy) is 2. The molecule has 0 unspecified atom stereocenters. The SMILES string of the molecule is CCCCN(CCCN(C)C)C(=O)CN1C[C@H](c2ccc3c(c2)OCO3)[C@@H](C(=O)O)[C@@H]1CCn1ccnc1. The van der Waals surface area contributed by atoms with Gasteiger partial charge in [0.2, 0.25) is 12.7 Å². The number of carbonyl (C=O) groups excluding carboxylic acids is 1. The Morgan fingerprint density at radius 2 is 1.92 bits per heavy atom. The quantitative estimate of drug-likeness (QED) is 0.400. The average Bonchev–Trinajstić information content (AvgIpc) is 3.64. The van der Waals surface area contributed by atoms with E-state index in [1.54, 1.807) is 12.5 Å². The van der Waals surface area contributed by atoms with Gasteiger partial charge in [-0.3, -0.25) is 14.5 Å². The maximum atomic E-state index is 13.6. The van der Waals surface area contributed by atoms with Crippen molar-refractivity contribution in [2.75, 3.05) is 53.6 Å². The van der Waals surface area contributed by atoms with Crippen molar-refractivity contribution in [1.82, 2.24) is 24.3 Å². The number of aromatic nitrogens is 2. The fourth-order valence-electron chi connectivity index (χ4n) is 5.60. The van der Waals surface area contributed by atoms with Gasteiger partial charge in [0, 0.05) is 50.5 Å². The second kappa shape index (κ2) is 13.1. The summed E-state index contributed by atoms with van der Waals surface area (Å²) in [5.74, 6) is -0.369. The van der Waals surface area contributed by atoms with Crippen LogP contribution in [0.4, 0.5) is 0 Å². The van der Waals surface area contributed by atoms with Crippen LogP contribution in [0.2, 0.25) is 0 Å². The van der Waals surface area contributed by atoms with Gasteiger partial charge in [-0.15, -0.1) is 0 Å². The van der Waals surface area contributed by atoms with E-state index >= 15 is 0 Å². The lowest BCUT2D eigenvalue weighted by atomic mass is 9.84. The first-order chi connectivity index (χ1) is 18.4. The molecule has 38 heavy (non-hydrogen) atoms. The number of carboxylic acids is 1. The van der Waals surface area contributed by atoms with E-state index in [1.807, 2.05) is 48.0 Å². The highest BCUT2D eigenvalue weighted by molar-refractivity contribution is 5.79. The normalized spacial score (nSPS) is 20.8. The summed E-state index contributed by atoms with van der Waals surface area (Å²) in [6.45, 7) is 5.99. The maximum absolute atomic E-state index is 13.6. The molecule has 3 atom stereocenters. The van der Waals surface area contributed by atoms with E-state index in [0.29, 0.717) is 37.6 Å². The van der Waals surface area contributed by atoms with Gasteiger partial charge < -0.3 is 28.9 Å². The minimum atomic E-state index is -0.841. The van der Waals surface area contributed by atoms with Crippen LogP contribution in [0.15, 0.2) is 36.9 Å². The number of likely N-dealkylation sites (tertiary alicyclic amines) is 1. The first-order valence-electron chi connectivity index (χ1n) is 13.6. The third-order valence-corrected chi connectivity index (χ3v) is 7.61. The van der Waals surface area contributed by atoms with Crippen molar-refractivity contribution in [2.45, 2.75) is 51.1 Å². The first-order valence-corrected chi connectivity index (χ1v) is 13.6. The number of carbonyl (C=O) groups is 2. The predicted molar refractivity (Wildman–Crippen MR) is 143 cm³/mol. The predicted octanol–water partition coefficient (Wildman–Crippen LogP) is 2.75. The third-order valence-electron chi connectivity index (χ3n) is 7.61. The molecule has 3 heterocycles. The Labute approximate surface area is 225 Å². The molecule has 0 spiro atoms. The number of aliphatic carboxylic acids is 1. The van der Waals surface area contributed by atoms with Gasteiger partial charge in [-0.25, -0.2) is 4.98 Å². The summed E-state index contributed by atoms with van der Waals surface area (Å²) in [6.07, 6.45) is 8.83. The molecule has 0 radical (unpaired) electrons. The van der Waals surface area contributed by atoms with Crippen LogP contribution in [0.1, 0.15) is 44.1 Å². The maximum Gasteiger partial charge on any atom is 0.308 e. The molecule has 1 saturated heterocycles. The smallest absolute Gasteiger partial charge is 0.308 e. The Bertz CT molecular complexity index is 1060. The summed E-state index contributed by atoms with van der Waals surface area (Å²) in [4.78, 5) is 36.6. The van der Waals surface area contributed by atoms with Crippen molar-refractivity contribution in [2.24, 2.45) is 5.92 Å². The number of rotatable bonds is 14. The minimum Gasteiger partial charge on any atom is -0.481 e. The number of amides is 1. The molecule has 1 aromatic carbocycles. The molecule has 1 aromatic heterocycles. The van der Waals surface area contributed by atoms with Crippen LogP contribution < -0.4 is 9.47 Å². The van der Waals surface area contributed by atoms with Crippen molar-refractivity contribution in [3.63, 3.8) is 0 Å². The highest BCUT2D eigenvalue weighted by atomic mass is 16.7. The van der Waals surface area contributed by atoms with Gasteiger partial charge in [-0.05, 0) is 57.6 Å². The Balaban J connectivity index is 1.55. The molecule has 2 aromatic rings. The standard InChI is InChI=1S/C28H41N5O5/c1-4-5-12-32(13-6-11-30(2)3)26(34)18-33-17-22(21-7-8-24-25(16-21)38-20-37-24)27(28(35)36)23(33)9-14-31-15-10-29-19-31/h7-8,10,15-16,19,22-23,27H,4-6,9,11-14,17-18,20H2,1-3H3,(H,35,36)/t22-,23+,27-/m1/s1. The van der Waals surface area contributed by atoms with E-state index in [-0.39, 0.29) is 31.2 Å². The lowest BCUT2D eigenvalue weighted by Crippen LogP contribution is -2.45. The first kappa shape index (κ1) is 27.9. The van der Waals surface area contributed by atoms with Crippen LogP contribution in [0.3, 0.4) is 0 Å². The van der Waals surface area contributed by atoms with E-state index in [4.69, 9.17) is 9.47 Å².